The fourth-order valence-electron chi connectivity index (χ4n) is 0.887. The van der Waals surface area contributed by atoms with Crippen LogP contribution in [0.2, 0.25) is 5.15 Å². The van der Waals surface area contributed by atoms with E-state index >= 15 is 0 Å². The highest BCUT2D eigenvalue weighted by atomic mass is 35.5. The van der Waals surface area contributed by atoms with Gasteiger partial charge >= 0.3 is 0 Å². The molecule has 0 aromatic carbocycles. The van der Waals surface area contributed by atoms with Crippen molar-refractivity contribution in [1.82, 2.24) is 4.98 Å². The molecule has 0 atom stereocenters. The molecule has 1 heterocycles. The number of nitrogens with zero attached hydrogens (tertiary/aromatic N) is 1. The average Bonchev–Trinajstić information content (AvgIpc) is 2.14. The molecule has 0 N–H and O–H groups in total. The molecule has 0 radical (unpaired) electrons. The first-order valence-corrected chi connectivity index (χ1v) is 5.71. The van der Waals surface area contributed by atoms with Crippen LogP contribution in [0.4, 0.5) is 0 Å². The topological polar surface area (TPSA) is 30.0 Å². The number of hydrogen-bond acceptors (Lipinski definition) is 3. The molecule has 15 heavy (non-hydrogen) atoms. The van der Waals surface area contributed by atoms with E-state index in [2.05, 4.69) is 16.8 Å². The molecular weight excluding hydrogens is 230 g/mol. The second-order valence-corrected chi connectivity index (χ2v) is 4.38. The van der Waals surface area contributed by atoms with Crippen molar-refractivity contribution in [1.29, 1.82) is 0 Å². The van der Waals surface area contributed by atoms with Crippen molar-refractivity contribution in [2.24, 2.45) is 0 Å². The van der Waals surface area contributed by atoms with Crippen molar-refractivity contribution in [3.05, 3.63) is 28.5 Å². The summed E-state index contributed by atoms with van der Waals surface area (Å²) in [5, 5.41) is 0.479. The Balaban J connectivity index is 2.67. The van der Waals surface area contributed by atoms with Crippen LogP contribution in [0, 0.1) is 18.8 Å². The predicted molar refractivity (Wildman–Crippen MR) is 64.0 cm³/mol. The number of carbonyl (C=O) groups excluding carboxylic acids is 1. The summed E-state index contributed by atoms with van der Waals surface area (Å²) in [6, 6.07) is 3.68. The minimum Gasteiger partial charge on any atom is -0.288 e. The van der Waals surface area contributed by atoms with Crippen LogP contribution in [0.15, 0.2) is 12.1 Å². The zero-order chi connectivity index (χ0) is 11.3. The van der Waals surface area contributed by atoms with E-state index in [0.29, 0.717) is 16.5 Å². The molecule has 0 spiro atoms. The second kappa shape index (κ2) is 5.79. The summed E-state index contributed by atoms with van der Waals surface area (Å²) in [7, 11) is 0. The lowest BCUT2D eigenvalue weighted by molar-refractivity contribution is -0.109. The van der Waals surface area contributed by atoms with E-state index < -0.39 is 0 Å². The van der Waals surface area contributed by atoms with Crippen molar-refractivity contribution in [3.8, 4) is 11.8 Å². The van der Waals surface area contributed by atoms with Gasteiger partial charge in [0.15, 0.2) is 5.12 Å². The van der Waals surface area contributed by atoms with E-state index in [4.69, 9.17) is 11.6 Å². The Morgan fingerprint density at radius 3 is 2.93 bits per heavy atom. The van der Waals surface area contributed by atoms with Gasteiger partial charge in [0.1, 0.15) is 5.15 Å². The van der Waals surface area contributed by atoms with E-state index in [-0.39, 0.29) is 5.12 Å². The summed E-state index contributed by atoms with van der Waals surface area (Å²) in [4.78, 5) is 14.7. The van der Waals surface area contributed by atoms with Crippen LogP contribution in [0.25, 0.3) is 0 Å². The molecule has 0 bridgehead atoms. The summed E-state index contributed by atoms with van der Waals surface area (Å²) in [6.45, 7) is 3.39. The van der Waals surface area contributed by atoms with Gasteiger partial charge in [-0.1, -0.05) is 35.2 Å². The normalized spacial score (nSPS) is 9.27. The Morgan fingerprint density at radius 2 is 2.33 bits per heavy atom. The van der Waals surface area contributed by atoms with Crippen LogP contribution in [0.3, 0.4) is 0 Å². The summed E-state index contributed by atoms with van der Waals surface area (Å²) in [5.41, 5.74) is 1.56. The molecule has 0 unspecified atom stereocenters. The lowest BCUT2D eigenvalue weighted by Gasteiger charge is -1.95. The van der Waals surface area contributed by atoms with Gasteiger partial charge in [-0.2, -0.15) is 0 Å². The van der Waals surface area contributed by atoms with Crippen molar-refractivity contribution in [2.45, 2.75) is 13.8 Å². The van der Waals surface area contributed by atoms with E-state index in [1.54, 1.807) is 0 Å². The van der Waals surface area contributed by atoms with Gasteiger partial charge in [0.2, 0.25) is 0 Å². The molecule has 0 saturated heterocycles. The molecule has 0 aliphatic carbocycles. The van der Waals surface area contributed by atoms with Crippen LogP contribution in [0.1, 0.15) is 18.2 Å². The molecule has 1 aromatic rings. The Morgan fingerprint density at radius 1 is 1.60 bits per heavy atom. The minimum atomic E-state index is 0.0671. The molecule has 1 rings (SSSR count). The maximum atomic E-state index is 10.6. The monoisotopic (exact) mass is 239 g/mol. The Labute approximate surface area is 98.4 Å². The van der Waals surface area contributed by atoms with Crippen LogP contribution in [-0.2, 0) is 4.79 Å². The first-order valence-electron chi connectivity index (χ1n) is 4.35. The highest BCUT2D eigenvalue weighted by Gasteiger charge is 1.97. The molecule has 2 nitrogen and oxygen atoms in total. The molecule has 0 aliphatic rings. The highest BCUT2D eigenvalue weighted by molar-refractivity contribution is 8.13. The molecular formula is C11H10ClNOS. The lowest BCUT2D eigenvalue weighted by atomic mass is 10.2. The van der Waals surface area contributed by atoms with Gasteiger partial charge in [-0.15, -0.1) is 0 Å². The number of rotatable bonds is 1. The Bertz CT molecular complexity index is 434. The summed E-state index contributed by atoms with van der Waals surface area (Å²) < 4.78 is 0. The fourth-order valence-corrected chi connectivity index (χ4v) is 1.48. The average molecular weight is 240 g/mol. The largest absolute Gasteiger partial charge is 0.288 e. The summed E-state index contributed by atoms with van der Waals surface area (Å²) >= 11 is 7.07. The van der Waals surface area contributed by atoms with E-state index in [1.807, 2.05) is 19.1 Å². The van der Waals surface area contributed by atoms with Gasteiger partial charge in [-0.3, -0.25) is 4.79 Å². The third-order valence-electron chi connectivity index (χ3n) is 1.56. The van der Waals surface area contributed by atoms with Crippen LogP contribution < -0.4 is 0 Å². The third-order valence-corrected chi connectivity index (χ3v) is 2.54. The van der Waals surface area contributed by atoms with Crippen molar-refractivity contribution in [3.63, 3.8) is 0 Å². The highest BCUT2D eigenvalue weighted by Crippen LogP contribution is 2.12. The molecule has 0 aliphatic heterocycles. The lowest BCUT2D eigenvalue weighted by Crippen LogP contribution is -1.86. The van der Waals surface area contributed by atoms with Gasteiger partial charge < -0.3 is 0 Å². The standard InChI is InChI=1S/C11H10ClNOS/c1-8-5-6-10(11(12)13-8)4-3-7-15-9(2)14/h5-6H,7H2,1-2H3. The van der Waals surface area contributed by atoms with Crippen molar-refractivity contribution in [2.75, 3.05) is 5.75 Å². The molecule has 0 fully saturated rings. The number of aryl methyl sites for hydroxylation is 1. The van der Waals surface area contributed by atoms with Gasteiger partial charge in [0, 0.05) is 12.6 Å². The summed E-state index contributed by atoms with van der Waals surface area (Å²) in [6.07, 6.45) is 0. The van der Waals surface area contributed by atoms with Crippen LogP contribution in [-0.4, -0.2) is 15.9 Å². The van der Waals surface area contributed by atoms with Crippen molar-refractivity contribution >= 4 is 28.5 Å². The van der Waals surface area contributed by atoms with Crippen molar-refractivity contribution < 1.29 is 4.79 Å². The molecule has 4 heteroatoms. The quantitative estimate of drug-likeness (QED) is 0.558. The van der Waals surface area contributed by atoms with Crippen LogP contribution in [0.5, 0.6) is 0 Å². The molecule has 0 saturated carbocycles. The number of thioether (sulfide) groups is 1. The number of pyridine rings is 1. The molecule has 1 aromatic heterocycles. The first kappa shape index (κ1) is 12.1. The molecule has 78 valence electrons. The summed E-state index contributed by atoms with van der Waals surface area (Å²) in [5.74, 6) is 6.22. The number of aromatic nitrogens is 1. The fraction of sp³-hybridized carbons (Fsp3) is 0.273. The zero-order valence-corrected chi connectivity index (χ0v) is 10.1. The minimum absolute atomic E-state index is 0.0671. The predicted octanol–water partition coefficient (Wildman–Crippen LogP) is 2.67. The van der Waals surface area contributed by atoms with E-state index in [1.165, 1.54) is 18.7 Å². The maximum absolute atomic E-state index is 10.6. The number of halogens is 1. The Kier molecular flexibility index (Phi) is 4.67. The second-order valence-electron chi connectivity index (χ2n) is 2.87. The Hall–Kier alpha value is -0.980. The zero-order valence-electron chi connectivity index (χ0n) is 8.50. The van der Waals surface area contributed by atoms with E-state index in [9.17, 15) is 4.79 Å². The number of carbonyl (C=O) groups is 1. The SMILES string of the molecule is CC(=O)SCC#Cc1ccc(C)nc1Cl. The van der Waals surface area contributed by atoms with Crippen LogP contribution >= 0.6 is 23.4 Å². The van der Waals surface area contributed by atoms with Gasteiger partial charge in [-0.05, 0) is 19.1 Å². The number of hydrogen-bond donors (Lipinski definition) is 0. The first-order chi connectivity index (χ1) is 7.09. The van der Waals surface area contributed by atoms with E-state index in [0.717, 1.165) is 5.69 Å². The van der Waals surface area contributed by atoms with Gasteiger partial charge in [-0.25, -0.2) is 4.98 Å². The molecule has 0 amide bonds. The van der Waals surface area contributed by atoms with Gasteiger partial charge in [0.25, 0.3) is 0 Å². The third kappa shape index (κ3) is 4.37. The van der Waals surface area contributed by atoms with Gasteiger partial charge in [0.05, 0.1) is 11.3 Å². The smallest absolute Gasteiger partial charge is 0.186 e. The maximum Gasteiger partial charge on any atom is 0.186 e.